The number of hydrogen-bond donors (Lipinski definition) is 2. The highest BCUT2D eigenvalue weighted by molar-refractivity contribution is 5.80. The van der Waals surface area contributed by atoms with Gasteiger partial charge in [0.15, 0.2) is 0 Å². The summed E-state index contributed by atoms with van der Waals surface area (Å²) in [5.74, 6) is 0.312. The van der Waals surface area contributed by atoms with Crippen molar-refractivity contribution in [1.29, 1.82) is 0 Å². The third-order valence-electron chi connectivity index (χ3n) is 4.99. The quantitative estimate of drug-likeness (QED) is 0.851. The maximum Gasteiger partial charge on any atom is 0.273 e. The Morgan fingerprint density at radius 1 is 1.32 bits per heavy atom. The number of nitrogens with one attached hydrogen (secondary N) is 1. The van der Waals surface area contributed by atoms with E-state index in [9.17, 15) is 14.4 Å². The molecule has 1 aromatic carbocycles. The summed E-state index contributed by atoms with van der Waals surface area (Å²) in [5.41, 5.74) is 5.36. The number of fused-ring (bicyclic) bond motifs is 1. The molecule has 0 radical (unpaired) electrons. The molecule has 25 heavy (non-hydrogen) atoms. The Balaban J connectivity index is 1.72. The van der Waals surface area contributed by atoms with Crippen LogP contribution in [-0.2, 0) is 11.3 Å². The molecule has 134 valence electrons. The summed E-state index contributed by atoms with van der Waals surface area (Å²) in [4.78, 5) is 38.9. The molecular weight excluding hydrogens is 320 g/mol. The van der Waals surface area contributed by atoms with Gasteiger partial charge >= 0.3 is 0 Å². The van der Waals surface area contributed by atoms with Crippen LogP contribution in [0, 0.1) is 5.92 Å². The number of H-pyrrole nitrogens is 1. The van der Waals surface area contributed by atoms with Crippen LogP contribution in [-0.4, -0.2) is 39.7 Å². The number of benzene rings is 1. The van der Waals surface area contributed by atoms with E-state index in [1.165, 1.54) is 4.68 Å². The number of amides is 1. The standard InChI is InChI=1S/C18H24N4O3/c1-12(19)13-5-4-9-21(11-13)16(23)8-10-22-18(25)15-7-3-2-6-14(15)17(24)20-22/h2-3,6-7,12-13H,4-5,8-11,19H2,1H3,(H,20,24). The minimum Gasteiger partial charge on any atom is -0.342 e. The third kappa shape index (κ3) is 3.66. The number of nitrogens with two attached hydrogens (primary N) is 1. The summed E-state index contributed by atoms with van der Waals surface area (Å²) in [7, 11) is 0. The van der Waals surface area contributed by atoms with E-state index in [0.29, 0.717) is 23.2 Å². The largest absolute Gasteiger partial charge is 0.342 e. The Morgan fingerprint density at radius 3 is 2.76 bits per heavy atom. The van der Waals surface area contributed by atoms with E-state index in [0.717, 1.165) is 19.4 Å². The van der Waals surface area contributed by atoms with Crippen molar-refractivity contribution in [2.45, 2.75) is 38.8 Å². The van der Waals surface area contributed by atoms with Crippen LogP contribution in [0.25, 0.3) is 10.8 Å². The highest BCUT2D eigenvalue weighted by Gasteiger charge is 2.25. The molecule has 0 aliphatic carbocycles. The van der Waals surface area contributed by atoms with Crippen LogP contribution in [0.4, 0.5) is 0 Å². The van der Waals surface area contributed by atoms with Gasteiger partial charge in [-0.2, -0.15) is 0 Å². The van der Waals surface area contributed by atoms with Gasteiger partial charge in [0.25, 0.3) is 11.1 Å². The van der Waals surface area contributed by atoms with Crippen LogP contribution in [0.15, 0.2) is 33.9 Å². The van der Waals surface area contributed by atoms with E-state index >= 15 is 0 Å². The van der Waals surface area contributed by atoms with Gasteiger partial charge in [0, 0.05) is 25.6 Å². The number of hydrogen-bond acceptors (Lipinski definition) is 4. The molecular formula is C18H24N4O3. The van der Waals surface area contributed by atoms with Crippen molar-refractivity contribution in [3.05, 3.63) is 45.0 Å². The second kappa shape index (κ2) is 7.23. The molecule has 1 aromatic heterocycles. The predicted molar refractivity (Wildman–Crippen MR) is 96.4 cm³/mol. The molecule has 2 aromatic rings. The van der Waals surface area contributed by atoms with Crippen molar-refractivity contribution < 1.29 is 4.79 Å². The first-order valence-corrected chi connectivity index (χ1v) is 8.72. The number of carbonyl (C=O) groups excluding carboxylic acids is 1. The van der Waals surface area contributed by atoms with E-state index in [4.69, 9.17) is 5.73 Å². The molecule has 0 bridgehead atoms. The summed E-state index contributed by atoms with van der Waals surface area (Å²) in [6, 6.07) is 6.75. The lowest BCUT2D eigenvalue weighted by Crippen LogP contribution is -2.45. The van der Waals surface area contributed by atoms with Gasteiger partial charge in [0.2, 0.25) is 5.91 Å². The van der Waals surface area contributed by atoms with Gasteiger partial charge < -0.3 is 10.6 Å². The summed E-state index contributed by atoms with van der Waals surface area (Å²) >= 11 is 0. The second-order valence-electron chi connectivity index (χ2n) is 6.79. The number of piperidine rings is 1. The molecule has 2 unspecified atom stereocenters. The maximum absolute atomic E-state index is 12.5. The average molecular weight is 344 g/mol. The van der Waals surface area contributed by atoms with E-state index < -0.39 is 0 Å². The Labute approximate surface area is 145 Å². The van der Waals surface area contributed by atoms with Crippen LogP contribution in [0.1, 0.15) is 26.2 Å². The molecule has 1 fully saturated rings. The number of likely N-dealkylation sites (tertiary alicyclic amines) is 1. The van der Waals surface area contributed by atoms with E-state index in [1.54, 1.807) is 24.3 Å². The molecule has 1 aliphatic rings. The molecule has 7 nitrogen and oxygen atoms in total. The first-order valence-electron chi connectivity index (χ1n) is 8.72. The summed E-state index contributed by atoms with van der Waals surface area (Å²) in [6.07, 6.45) is 2.17. The zero-order chi connectivity index (χ0) is 18.0. The summed E-state index contributed by atoms with van der Waals surface area (Å²) < 4.78 is 1.23. The Bertz CT molecular complexity index is 884. The number of carbonyl (C=O) groups is 1. The van der Waals surface area contributed by atoms with Gasteiger partial charge in [0.05, 0.1) is 17.3 Å². The Hall–Kier alpha value is -2.41. The van der Waals surface area contributed by atoms with Gasteiger partial charge in [-0.1, -0.05) is 12.1 Å². The van der Waals surface area contributed by atoms with Crippen molar-refractivity contribution in [1.82, 2.24) is 14.7 Å². The molecule has 1 aliphatic heterocycles. The molecule has 2 atom stereocenters. The Kier molecular flexibility index (Phi) is 5.03. The topological polar surface area (TPSA) is 101 Å². The highest BCUT2D eigenvalue weighted by Crippen LogP contribution is 2.19. The summed E-state index contributed by atoms with van der Waals surface area (Å²) in [5, 5.41) is 3.30. The molecule has 0 spiro atoms. The van der Waals surface area contributed by atoms with E-state index in [-0.39, 0.29) is 36.0 Å². The molecule has 3 N–H and O–H groups in total. The minimum atomic E-state index is -0.322. The van der Waals surface area contributed by atoms with Crippen LogP contribution in [0.2, 0.25) is 0 Å². The molecule has 1 saturated heterocycles. The second-order valence-corrected chi connectivity index (χ2v) is 6.79. The van der Waals surface area contributed by atoms with Gasteiger partial charge in [0.1, 0.15) is 0 Å². The molecule has 2 heterocycles. The van der Waals surface area contributed by atoms with Crippen molar-refractivity contribution in [2.75, 3.05) is 13.1 Å². The van der Waals surface area contributed by atoms with Crippen LogP contribution in [0.3, 0.4) is 0 Å². The Morgan fingerprint density at radius 2 is 2.04 bits per heavy atom. The molecule has 1 amide bonds. The SMILES string of the molecule is CC(N)C1CCCN(C(=O)CCn2[nH]c(=O)c3ccccc3c2=O)C1. The van der Waals surface area contributed by atoms with Crippen molar-refractivity contribution in [3.63, 3.8) is 0 Å². The fraction of sp³-hybridized carbons (Fsp3) is 0.500. The van der Waals surface area contributed by atoms with Crippen LogP contribution >= 0.6 is 0 Å². The fourth-order valence-electron chi connectivity index (χ4n) is 3.44. The van der Waals surface area contributed by atoms with Gasteiger partial charge in [-0.25, -0.2) is 4.68 Å². The third-order valence-corrected chi connectivity index (χ3v) is 4.99. The lowest BCUT2D eigenvalue weighted by atomic mass is 9.92. The molecule has 3 rings (SSSR count). The van der Waals surface area contributed by atoms with Crippen LogP contribution in [0.5, 0.6) is 0 Å². The minimum absolute atomic E-state index is 0.00809. The zero-order valence-corrected chi connectivity index (χ0v) is 14.4. The number of aryl methyl sites for hydroxylation is 1. The first kappa shape index (κ1) is 17.4. The van der Waals surface area contributed by atoms with Crippen molar-refractivity contribution in [2.24, 2.45) is 11.7 Å². The average Bonchev–Trinajstić information content (AvgIpc) is 2.63. The maximum atomic E-state index is 12.5. The number of aromatic amines is 1. The van der Waals surface area contributed by atoms with Crippen molar-refractivity contribution in [3.8, 4) is 0 Å². The van der Waals surface area contributed by atoms with E-state index in [1.807, 2.05) is 11.8 Å². The van der Waals surface area contributed by atoms with Gasteiger partial charge in [-0.3, -0.25) is 19.5 Å². The fourth-order valence-corrected chi connectivity index (χ4v) is 3.44. The molecule has 7 heteroatoms. The zero-order valence-electron chi connectivity index (χ0n) is 14.4. The van der Waals surface area contributed by atoms with Gasteiger partial charge in [-0.05, 0) is 37.8 Å². The lowest BCUT2D eigenvalue weighted by molar-refractivity contribution is -0.133. The monoisotopic (exact) mass is 344 g/mol. The number of aromatic nitrogens is 2. The summed E-state index contributed by atoms with van der Waals surface area (Å²) in [6.45, 7) is 3.53. The van der Waals surface area contributed by atoms with Gasteiger partial charge in [-0.15, -0.1) is 0 Å². The lowest BCUT2D eigenvalue weighted by Gasteiger charge is -2.34. The number of nitrogens with zero attached hydrogens (tertiary/aromatic N) is 2. The predicted octanol–water partition coefficient (Wildman–Crippen LogP) is 0.666. The van der Waals surface area contributed by atoms with Crippen LogP contribution < -0.4 is 16.9 Å². The highest BCUT2D eigenvalue weighted by atomic mass is 16.2. The first-order chi connectivity index (χ1) is 12.0. The van der Waals surface area contributed by atoms with E-state index in [2.05, 4.69) is 5.10 Å². The normalized spacial score (nSPS) is 19.1. The smallest absolute Gasteiger partial charge is 0.273 e. The van der Waals surface area contributed by atoms with Crippen molar-refractivity contribution >= 4 is 16.7 Å². The number of rotatable bonds is 4. The molecule has 0 saturated carbocycles.